The minimum atomic E-state index is -3.35. The van der Waals surface area contributed by atoms with Gasteiger partial charge in [0.25, 0.3) is 0 Å². The molecule has 0 fully saturated rings. The van der Waals surface area contributed by atoms with Crippen molar-refractivity contribution in [1.82, 2.24) is 14.9 Å². The van der Waals surface area contributed by atoms with Crippen molar-refractivity contribution in [3.05, 3.63) is 48.1 Å². The Balaban J connectivity index is 1.75. The highest BCUT2D eigenvalue weighted by atomic mass is 32.2. The molecule has 0 bridgehead atoms. The lowest BCUT2D eigenvalue weighted by atomic mass is 10.3. The first kappa shape index (κ1) is 13.6. The first-order valence-electron chi connectivity index (χ1n) is 6.20. The molecule has 3 aromatic heterocycles. The Morgan fingerprint density at radius 3 is 2.76 bits per heavy atom. The molecule has 0 radical (unpaired) electrons. The molecule has 0 saturated heterocycles. The van der Waals surface area contributed by atoms with Crippen LogP contribution in [-0.4, -0.2) is 23.4 Å². The average Bonchev–Trinajstić information content (AvgIpc) is 3.11. The third-order valence-corrected chi connectivity index (χ3v) is 4.45. The molecule has 8 heteroatoms. The van der Waals surface area contributed by atoms with Gasteiger partial charge in [0.2, 0.25) is 5.76 Å². The third kappa shape index (κ3) is 3.05. The van der Waals surface area contributed by atoms with Crippen molar-refractivity contribution >= 4 is 9.84 Å². The maximum absolute atomic E-state index is 12.2. The second kappa shape index (κ2) is 5.21. The van der Waals surface area contributed by atoms with Crippen LogP contribution in [-0.2, 0) is 28.4 Å². The number of aromatic nitrogens is 3. The number of hydrogen-bond acceptors (Lipinski definition) is 6. The normalized spacial score (nSPS) is 11.9. The molecule has 0 amide bonds. The van der Waals surface area contributed by atoms with E-state index in [1.165, 1.54) is 10.9 Å². The second-order valence-electron chi connectivity index (χ2n) is 4.64. The zero-order valence-electron chi connectivity index (χ0n) is 11.3. The molecule has 7 nitrogen and oxygen atoms in total. The zero-order valence-corrected chi connectivity index (χ0v) is 12.1. The summed E-state index contributed by atoms with van der Waals surface area (Å²) >= 11 is 0. The first-order chi connectivity index (χ1) is 10.0. The van der Waals surface area contributed by atoms with Crippen molar-refractivity contribution < 1.29 is 17.4 Å². The van der Waals surface area contributed by atoms with Crippen LogP contribution in [0, 0.1) is 0 Å². The lowest BCUT2D eigenvalue weighted by Crippen LogP contribution is -2.11. The van der Waals surface area contributed by atoms with Gasteiger partial charge in [-0.3, -0.25) is 4.68 Å². The molecule has 0 atom stereocenters. The van der Waals surface area contributed by atoms with E-state index in [2.05, 4.69) is 10.3 Å². The van der Waals surface area contributed by atoms with Crippen LogP contribution in [0.4, 0.5) is 0 Å². The number of sulfone groups is 1. The van der Waals surface area contributed by atoms with E-state index in [-0.39, 0.29) is 11.5 Å². The van der Waals surface area contributed by atoms with E-state index in [1.54, 1.807) is 37.5 Å². The van der Waals surface area contributed by atoms with E-state index >= 15 is 0 Å². The van der Waals surface area contributed by atoms with Gasteiger partial charge >= 0.3 is 0 Å². The summed E-state index contributed by atoms with van der Waals surface area (Å²) in [6.45, 7) is 0. The Morgan fingerprint density at radius 1 is 1.24 bits per heavy atom. The monoisotopic (exact) mass is 307 g/mol. The summed E-state index contributed by atoms with van der Waals surface area (Å²) in [7, 11) is -1.65. The Kier molecular flexibility index (Phi) is 3.38. The van der Waals surface area contributed by atoms with Gasteiger partial charge in [-0.2, -0.15) is 5.10 Å². The number of rotatable bonds is 5. The highest BCUT2D eigenvalue weighted by Gasteiger charge is 2.19. The smallest absolute Gasteiger partial charge is 0.202 e. The molecule has 3 aromatic rings. The van der Waals surface area contributed by atoms with Crippen LogP contribution in [0.2, 0.25) is 0 Å². The highest BCUT2D eigenvalue weighted by molar-refractivity contribution is 7.89. The summed E-state index contributed by atoms with van der Waals surface area (Å²) in [6.07, 6.45) is 3.08. The highest BCUT2D eigenvalue weighted by Crippen LogP contribution is 2.22. The molecule has 3 rings (SSSR count). The fourth-order valence-electron chi connectivity index (χ4n) is 1.96. The van der Waals surface area contributed by atoms with Crippen LogP contribution >= 0.6 is 0 Å². The SMILES string of the molecule is Cn1nccc1CS(=O)(=O)Cc1cc(-c2ccco2)on1. The van der Waals surface area contributed by atoms with Gasteiger partial charge in [0, 0.05) is 19.3 Å². The maximum Gasteiger partial charge on any atom is 0.202 e. The van der Waals surface area contributed by atoms with Gasteiger partial charge in [-0.25, -0.2) is 8.42 Å². The predicted molar refractivity (Wildman–Crippen MR) is 73.7 cm³/mol. The number of hydrogen-bond donors (Lipinski definition) is 0. The molecule has 110 valence electrons. The van der Waals surface area contributed by atoms with E-state index < -0.39 is 9.84 Å². The molecule has 0 aliphatic carbocycles. The standard InChI is InChI=1S/C13H13N3O4S/c1-16-11(4-5-14-16)9-21(17,18)8-10-7-13(20-15-10)12-3-2-6-19-12/h2-7H,8-9H2,1H3. The molecule has 0 saturated carbocycles. The van der Waals surface area contributed by atoms with E-state index in [4.69, 9.17) is 8.94 Å². The summed E-state index contributed by atoms with van der Waals surface area (Å²) in [5, 5.41) is 7.72. The molecular weight excluding hydrogens is 294 g/mol. The van der Waals surface area contributed by atoms with Gasteiger partial charge in [0.05, 0.1) is 29.2 Å². The largest absolute Gasteiger partial charge is 0.461 e. The van der Waals surface area contributed by atoms with E-state index in [0.29, 0.717) is 22.9 Å². The minimum absolute atomic E-state index is 0.0908. The molecule has 0 aromatic carbocycles. The van der Waals surface area contributed by atoms with Crippen LogP contribution in [0.15, 0.2) is 45.7 Å². The van der Waals surface area contributed by atoms with Gasteiger partial charge in [0.15, 0.2) is 15.6 Å². The van der Waals surface area contributed by atoms with Crippen LogP contribution in [0.3, 0.4) is 0 Å². The second-order valence-corrected chi connectivity index (χ2v) is 6.70. The average molecular weight is 307 g/mol. The fourth-order valence-corrected chi connectivity index (χ4v) is 3.38. The van der Waals surface area contributed by atoms with Crippen molar-refractivity contribution in [2.24, 2.45) is 7.05 Å². The molecule has 21 heavy (non-hydrogen) atoms. The van der Waals surface area contributed by atoms with Crippen molar-refractivity contribution in [2.45, 2.75) is 11.5 Å². The number of nitrogens with zero attached hydrogens (tertiary/aromatic N) is 3. The zero-order chi connectivity index (χ0) is 14.9. The summed E-state index contributed by atoms with van der Waals surface area (Å²) < 4.78 is 36.1. The maximum atomic E-state index is 12.2. The quantitative estimate of drug-likeness (QED) is 0.713. The lowest BCUT2D eigenvalue weighted by molar-refractivity contribution is 0.412. The molecule has 0 spiro atoms. The minimum Gasteiger partial charge on any atom is -0.461 e. The van der Waals surface area contributed by atoms with E-state index in [9.17, 15) is 8.42 Å². The molecule has 3 heterocycles. The Bertz CT molecular complexity index is 831. The van der Waals surface area contributed by atoms with Crippen molar-refractivity contribution in [2.75, 3.05) is 0 Å². The topological polar surface area (TPSA) is 91.1 Å². The molecule has 0 aliphatic heterocycles. The van der Waals surface area contributed by atoms with Crippen molar-refractivity contribution in [1.29, 1.82) is 0 Å². The summed E-state index contributed by atoms with van der Waals surface area (Å²) in [5.74, 6) is 0.637. The van der Waals surface area contributed by atoms with Crippen LogP contribution in [0.1, 0.15) is 11.4 Å². The predicted octanol–water partition coefficient (Wildman–Crippen LogP) is 1.78. The van der Waals surface area contributed by atoms with Crippen LogP contribution in [0.25, 0.3) is 11.5 Å². The van der Waals surface area contributed by atoms with Gasteiger partial charge in [-0.05, 0) is 18.2 Å². The van der Waals surface area contributed by atoms with Gasteiger partial charge in [0.1, 0.15) is 0 Å². The van der Waals surface area contributed by atoms with Crippen molar-refractivity contribution in [3.63, 3.8) is 0 Å². The number of furan rings is 1. The Labute approximate surface area is 121 Å². The number of aryl methyl sites for hydroxylation is 1. The van der Waals surface area contributed by atoms with Gasteiger partial charge in [-0.15, -0.1) is 0 Å². The molecule has 0 aliphatic rings. The Hall–Kier alpha value is -2.35. The Morgan fingerprint density at radius 2 is 2.10 bits per heavy atom. The summed E-state index contributed by atoms with van der Waals surface area (Å²) in [6, 6.07) is 6.68. The van der Waals surface area contributed by atoms with E-state index in [0.717, 1.165) is 0 Å². The van der Waals surface area contributed by atoms with Crippen LogP contribution in [0.5, 0.6) is 0 Å². The van der Waals surface area contributed by atoms with E-state index in [1.807, 2.05) is 0 Å². The summed E-state index contributed by atoms with van der Waals surface area (Å²) in [4.78, 5) is 0. The third-order valence-electron chi connectivity index (χ3n) is 2.98. The molecular formula is C13H13N3O4S. The lowest BCUT2D eigenvalue weighted by Gasteiger charge is -2.02. The molecule has 0 unspecified atom stereocenters. The molecule has 0 N–H and O–H groups in total. The van der Waals surface area contributed by atoms with Crippen LogP contribution < -0.4 is 0 Å². The summed E-state index contributed by atoms with van der Waals surface area (Å²) in [5.41, 5.74) is 0.980. The van der Waals surface area contributed by atoms with Crippen molar-refractivity contribution in [3.8, 4) is 11.5 Å². The first-order valence-corrected chi connectivity index (χ1v) is 8.02. The van der Waals surface area contributed by atoms with Gasteiger partial charge < -0.3 is 8.94 Å². The van der Waals surface area contributed by atoms with Gasteiger partial charge in [-0.1, -0.05) is 5.16 Å². The fraction of sp³-hybridized carbons (Fsp3) is 0.231.